The lowest BCUT2D eigenvalue weighted by Gasteiger charge is -1.89. The molecule has 0 aliphatic heterocycles. The Hall–Kier alpha value is 0.0300. The van der Waals surface area contributed by atoms with Gasteiger partial charge in [-0.1, -0.05) is 24.9 Å². The Bertz CT molecular complexity index is 57.2. The van der Waals surface area contributed by atoms with E-state index in [9.17, 15) is 0 Å². The maximum atomic E-state index is 5.35. The standard InChI is InChI=1S/C6H10Cl/c1-3-4-5-6(2)7/h2H,3-5H2,1H3. The van der Waals surface area contributed by atoms with Crippen LogP contribution in [0.1, 0.15) is 26.2 Å². The van der Waals surface area contributed by atoms with Gasteiger partial charge in [0.1, 0.15) is 0 Å². The number of unbranched alkanes of at least 4 members (excludes halogenated alkanes) is 1. The van der Waals surface area contributed by atoms with Gasteiger partial charge in [-0.05, 0) is 19.4 Å². The third-order valence-corrected chi connectivity index (χ3v) is 0.958. The van der Waals surface area contributed by atoms with Gasteiger partial charge in [0.2, 0.25) is 0 Å². The van der Waals surface area contributed by atoms with Gasteiger partial charge in [0, 0.05) is 5.03 Å². The lowest BCUT2D eigenvalue weighted by Crippen LogP contribution is -1.69. The molecular weight excluding hydrogens is 108 g/mol. The van der Waals surface area contributed by atoms with E-state index in [4.69, 9.17) is 18.2 Å². The van der Waals surface area contributed by atoms with Gasteiger partial charge < -0.3 is 0 Å². The molecule has 0 aromatic heterocycles. The summed E-state index contributed by atoms with van der Waals surface area (Å²) in [6.07, 6.45) is 3.13. The summed E-state index contributed by atoms with van der Waals surface area (Å²) in [6, 6.07) is 0. The van der Waals surface area contributed by atoms with Gasteiger partial charge in [0.15, 0.2) is 0 Å². The van der Waals surface area contributed by atoms with Crippen molar-refractivity contribution >= 4 is 11.6 Å². The molecule has 0 atom stereocenters. The summed E-state index contributed by atoms with van der Waals surface area (Å²) in [4.78, 5) is 0. The molecule has 7 heavy (non-hydrogen) atoms. The minimum absolute atomic E-state index is 0.529. The molecule has 0 aromatic carbocycles. The van der Waals surface area contributed by atoms with E-state index in [-0.39, 0.29) is 0 Å². The first-order chi connectivity index (χ1) is 3.27. The molecule has 0 aliphatic rings. The lowest BCUT2D eigenvalue weighted by molar-refractivity contribution is 0.808. The Balaban J connectivity index is 2.82. The Morgan fingerprint density at radius 3 is 2.43 bits per heavy atom. The first-order valence-electron chi connectivity index (χ1n) is 2.54. The minimum Gasteiger partial charge on any atom is -0.0892 e. The van der Waals surface area contributed by atoms with E-state index >= 15 is 0 Å². The summed E-state index contributed by atoms with van der Waals surface area (Å²) in [7, 11) is 0. The zero-order chi connectivity index (χ0) is 5.70. The number of hydrogen-bond donors (Lipinski definition) is 0. The van der Waals surface area contributed by atoms with Crippen molar-refractivity contribution in [2.45, 2.75) is 26.2 Å². The molecule has 41 valence electrons. The van der Waals surface area contributed by atoms with Gasteiger partial charge in [0.05, 0.1) is 0 Å². The van der Waals surface area contributed by atoms with Crippen molar-refractivity contribution < 1.29 is 0 Å². The van der Waals surface area contributed by atoms with Crippen LogP contribution in [0.2, 0.25) is 0 Å². The average Bonchev–Trinajstić information content (AvgIpc) is 1.61. The van der Waals surface area contributed by atoms with Gasteiger partial charge in [-0.25, -0.2) is 0 Å². The second-order valence-electron chi connectivity index (χ2n) is 1.55. The molecular formula is C6H10Cl. The number of hydrogen-bond acceptors (Lipinski definition) is 0. The average molecular weight is 118 g/mol. The molecule has 0 bridgehead atoms. The predicted molar refractivity (Wildman–Crippen MR) is 33.2 cm³/mol. The van der Waals surface area contributed by atoms with Gasteiger partial charge >= 0.3 is 0 Å². The van der Waals surface area contributed by atoms with Crippen molar-refractivity contribution in [2.24, 2.45) is 0 Å². The first kappa shape index (κ1) is 7.03. The van der Waals surface area contributed by atoms with Crippen molar-refractivity contribution in [3.05, 3.63) is 11.6 Å². The van der Waals surface area contributed by atoms with E-state index in [1.54, 1.807) is 0 Å². The second kappa shape index (κ2) is 4.20. The molecule has 0 fully saturated rings. The molecule has 0 heterocycles. The van der Waals surface area contributed by atoms with Gasteiger partial charge in [-0.3, -0.25) is 0 Å². The predicted octanol–water partition coefficient (Wildman–Crippen LogP) is 2.73. The van der Waals surface area contributed by atoms with Gasteiger partial charge in [-0.15, -0.1) is 0 Å². The zero-order valence-corrected chi connectivity index (χ0v) is 5.33. The molecule has 1 heteroatoms. The highest BCUT2D eigenvalue weighted by molar-refractivity contribution is 6.28. The SMILES string of the molecule is [CH]=C(Cl)CCCC. The van der Waals surface area contributed by atoms with Crippen molar-refractivity contribution in [1.82, 2.24) is 0 Å². The highest BCUT2D eigenvalue weighted by Gasteiger charge is 1.83. The Morgan fingerprint density at radius 1 is 1.71 bits per heavy atom. The maximum Gasteiger partial charge on any atom is 0.0181 e. The van der Waals surface area contributed by atoms with E-state index in [0.717, 1.165) is 19.3 Å². The summed E-state index contributed by atoms with van der Waals surface area (Å²) in [5.41, 5.74) is 0. The minimum atomic E-state index is 0.529. The van der Waals surface area contributed by atoms with E-state index in [1.165, 1.54) is 0 Å². The van der Waals surface area contributed by atoms with Crippen molar-refractivity contribution in [3.8, 4) is 0 Å². The second-order valence-corrected chi connectivity index (χ2v) is 2.04. The van der Waals surface area contributed by atoms with E-state index in [0.29, 0.717) is 5.03 Å². The summed E-state index contributed by atoms with van der Waals surface area (Å²) in [6.45, 7) is 7.27. The molecule has 0 saturated carbocycles. The Kier molecular flexibility index (Phi) is 4.21. The van der Waals surface area contributed by atoms with Crippen LogP contribution in [0.3, 0.4) is 0 Å². The summed E-state index contributed by atoms with van der Waals surface area (Å²) in [5, 5.41) is 0.529. The number of halogens is 1. The van der Waals surface area contributed by atoms with Crippen LogP contribution in [-0.4, -0.2) is 0 Å². The molecule has 0 aliphatic carbocycles. The van der Waals surface area contributed by atoms with E-state index < -0.39 is 0 Å². The molecule has 0 aromatic rings. The molecule has 0 unspecified atom stereocenters. The lowest BCUT2D eigenvalue weighted by atomic mass is 10.2. The van der Waals surface area contributed by atoms with Gasteiger partial charge in [-0.2, -0.15) is 0 Å². The normalized spacial score (nSPS) is 8.86. The quantitative estimate of drug-likeness (QED) is 0.533. The van der Waals surface area contributed by atoms with Crippen LogP contribution in [0.15, 0.2) is 5.03 Å². The smallest absolute Gasteiger partial charge is 0.0181 e. The van der Waals surface area contributed by atoms with Gasteiger partial charge in [0.25, 0.3) is 0 Å². The molecule has 0 spiro atoms. The molecule has 0 N–H and O–H groups in total. The van der Waals surface area contributed by atoms with Crippen LogP contribution in [-0.2, 0) is 0 Å². The largest absolute Gasteiger partial charge is 0.0892 e. The van der Waals surface area contributed by atoms with E-state index in [2.05, 4.69) is 6.92 Å². The van der Waals surface area contributed by atoms with Crippen LogP contribution >= 0.6 is 11.6 Å². The van der Waals surface area contributed by atoms with Crippen LogP contribution in [0.25, 0.3) is 0 Å². The Labute approximate surface area is 50.2 Å². The highest BCUT2D eigenvalue weighted by atomic mass is 35.5. The van der Waals surface area contributed by atoms with Crippen LogP contribution < -0.4 is 0 Å². The third-order valence-electron chi connectivity index (χ3n) is 0.769. The highest BCUT2D eigenvalue weighted by Crippen LogP contribution is 2.06. The van der Waals surface area contributed by atoms with Crippen molar-refractivity contribution in [2.75, 3.05) is 0 Å². The molecule has 0 rings (SSSR count). The summed E-state index contributed by atoms with van der Waals surface area (Å²) in [5.74, 6) is 0. The van der Waals surface area contributed by atoms with E-state index in [1.807, 2.05) is 0 Å². The van der Waals surface area contributed by atoms with Crippen LogP contribution in [0, 0.1) is 6.58 Å². The molecule has 1 radical (unpaired) electrons. The fraction of sp³-hybridized carbons (Fsp3) is 0.667. The first-order valence-corrected chi connectivity index (χ1v) is 2.92. The maximum absolute atomic E-state index is 5.35. The van der Waals surface area contributed by atoms with Crippen LogP contribution in [0.4, 0.5) is 0 Å². The van der Waals surface area contributed by atoms with Crippen molar-refractivity contribution in [3.63, 3.8) is 0 Å². The topological polar surface area (TPSA) is 0 Å². The summed E-state index contributed by atoms with van der Waals surface area (Å²) >= 11 is 5.35. The Morgan fingerprint density at radius 2 is 2.29 bits per heavy atom. The van der Waals surface area contributed by atoms with Crippen LogP contribution in [0.5, 0.6) is 0 Å². The fourth-order valence-electron chi connectivity index (χ4n) is 0.346. The molecule has 0 amide bonds. The fourth-order valence-corrected chi connectivity index (χ4v) is 0.479. The molecule has 0 saturated heterocycles. The zero-order valence-electron chi connectivity index (χ0n) is 4.58. The van der Waals surface area contributed by atoms with Crippen molar-refractivity contribution in [1.29, 1.82) is 0 Å². The monoisotopic (exact) mass is 117 g/mol. The third kappa shape index (κ3) is 6.03. The summed E-state index contributed by atoms with van der Waals surface area (Å²) < 4.78 is 0. The molecule has 0 nitrogen and oxygen atoms in total. The number of rotatable bonds is 3. The number of allylic oxidation sites excluding steroid dienone is 1.